The van der Waals surface area contributed by atoms with Crippen molar-refractivity contribution in [2.24, 2.45) is 4.99 Å². The summed E-state index contributed by atoms with van der Waals surface area (Å²) in [5.74, 6) is 0.536. The monoisotopic (exact) mass is 526 g/mol. The topological polar surface area (TPSA) is 48.9 Å². The van der Waals surface area contributed by atoms with Crippen LogP contribution in [0.15, 0.2) is 53.5 Å². The molecule has 1 aliphatic heterocycles. The van der Waals surface area contributed by atoms with Crippen molar-refractivity contribution in [2.75, 3.05) is 38.3 Å². The van der Waals surface area contributed by atoms with Crippen molar-refractivity contribution in [3.63, 3.8) is 0 Å². The first kappa shape index (κ1) is 24.4. The van der Waals surface area contributed by atoms with E-state index in [1.807, 2.05) is 23.1 Å². The zero-order valence-electron chi connectivity index (χ0n) is 17.7. The lowest BCUT2D eigenvalue weighted by molar-refractivity contribution is 0.122. The van der Waals surface area contributed by atoms with Crippen LogP contribution in [0.3, 0.4) is 0 Å². The molecule has 0 saturated carbocycles. The zero-order chi connectivity index (χ0) is 20.5. The minimum atomic E-state index is -0.189. The van der Waals surface area contributed by atoms with Crippen molar-refractivity contribution in [1.29, 1.82) is 0 Å². The number of morpholine rings is 1. The second-order valence-corrected chi connectivity index (χ2v) is 7.38. The molecule has 1 unspecified atom stereocenters. The Bertz CT molecular complexity index is 797. The second-order valence-electron chi connectivity index (χ2n) is 7.38. The minimum absolute atomic E-state index is 0. The summed E-state index contributed by atoms with van der Waals surface area (Å²) in [4.78, 5) is 6.32. The van der Waals surface area contributed by atoms with Crippen LogP contribution in [0.25, 0.3) is 0 Å². The Morgan fingerprint density at radius 3 is 2.53 bits per heavy atom. The highest BCUT2D eigenvalue weighted by Crippen LogP contribution is 2.21. The van der Waals surface area contributed by atoms with Gasteiger partial charge >= 0.3 is 0 Å². The molecular formula is C23H32FIN4O. The number of rotatable bonds is 7. The average Bonchev–Trinajstić information content (AvgIpc) is 2.76. The maximum atomic E-state index is 14.6. The van der Waals surface area contributed by atoms with Gasteiger partial charge in [0, 0.05) is 32.7 Å². The Labute approximate surface area is 196 Å². The maximum Gasteiger partial charge on any atom is 0.191 e. The van der Waals surface area contributed by atoms with Crippen molar-refractivity contribution in [2.45, 2.75) is 32.4 Å². The average molecular weight is 526 g/mol. The Kier molecular flexibility index (Phi) is 10.4. The van der Waals surface area contributed by atoms with Gasteiger partial charge in [0.15, 0.2) is 5.96 Å². The number of guanidine groups is 1. The van der Waals surface area contributed by atoms with Crippen LogP contribution < -0.4 is 15.5 Å². The van der Waals surface area contributed by atoms with Crippen molar-refractivity contribution in [1.82, 2.24) is 10.6 Å². The van der Waals surface area contributed by atoms with E-state index in [1.165, 1.54) is 5.56 Å². The van der Waals surface area contributed by atoms with Crippen molar-refractivity contribution in [3.8, 4) is 0 Å². The number of nitrogens with zero attached hydrogens (tertiary/aromatic N) is 2. The normalized spacial score (nSPS) is 15.3. The standard InChI is InChI=1S/C23H31FN4O.HI/c1-18(8-9-19-6-4-3-5-7-19)27-23(25-2)26-17-20-10-11-22(21(24)16-20)28-12-14-29-15-13-28;/h3-7,10-11,16,18H,8-9,12-15,17H2,1-2H3,(H2,25,26,27);1H. The molecule has 0 spiro atoms. The SMILES string of the molecule is CN=C(NCc1ccc(N2CCOCC2)c(F)c1)NC(C)CCc1ccccc1.I. The summed E-state index contributed by atoms with van der Waals surface area (Å²) in [5.41, 5.74) is 2.87. The summed E-state index contributed by atoms with van der Waals surface area (Å²) < 4.78 is 19.9. The van der Waals surface area contributed by atoms with Crippen LogP contribution in [0.4, 0.5) is 10.1 Å². The number of hydrogen-bond donors (Lipinski definition) is 2. The minimum Gasteiger partial charge on any atom is -0.378 e. The number of aliphatic imine (C=N–C) groups is 1. The van der Waals surface area contributed by atoms with Crippen LogP contribution in [0, 0.1) is 5.82 Å². The molecule has 164 valence electrons. The van der Waals surface area contributed by atoms with Gasteiger partial charge in [0.2, 0.25) is 0 Å². The third-order valence-electron chi connectivity index (χ3n) is 5.14. The fourth-order valence-electron chi connectivity index (χ4n) is 3.43. The fourth-order valence-corrected chi connectivity index (χ4v) is 3.43. The van der Waals surface area contributed by atoms with Crippen LogP contribution in [-0.2, 0) is 17.7 Å². The molecule has 1 aliphatic rings. The number of hydrogen-bond acceptors (Lipinski definition) is 3. The summed E-state index contributed by atoms with van der Waals surface area (Å²) in [6.07, 6.45) is 2.02. The van der Waals surface area contributed by atoms with Gasteiger partial charge in [-0.2, -0.15) is 0 Å². The Morgan fingerprint density at radius 1 is 1.13 bits per heavy atom. The van der Waals surface area contributed by atoms with Gasteiger partial charge in [-0.3, -0.25) is 4.99 Å². The Balaban J connectivity index is 0.00000320. The molecule has 0 amide bonds. The van der Waals surface area contributed by atoms with E-state index >= 15 is 0 Å². The van der Waals surface area contributed by atoms with Gasteiger partial charge in [0.25, 0.3) is 0 Å². The predicted molar refractivity (Wildman–Crippen MR) is 132 cm³/mol. The molecule has 1 heterocycles. The lowest BCUT2D eigenvalue weighted by atomic mass is 10.1. The molecule has 1 saturated heterocycles. The molecule has 2 N–H and O–H groups in total. The molecule has 30 heavy (non-hydrogen) atoms. The molecule has 0 aromatic heterocycles. The molecule has 0 radical (unpaired) electrons. The highest BCUT2D eigenvalue weighted by molar-refractivity contribution is 14.0. The lowest BCUT2D eigenvalue weighted by Crippen LogP contribution is -2.42. The van der Waals surface area contributed by atoms with E-state index in [2.05, 4.69) is 46.8 Å². The van der Waals surface area contributed by atoms with Crippen LogP contribution in [0.5, 0.6) is 0 Å². The molecule has 0 bridgehead atoms. The number of benzene rings is 2. The largest absolute Gasteiger partial charge is 0.378 e. The molecule has 2 aromatic carbocycles. The lowest BCUT2D eigenvalue weighted by Gasteiger charge is -2.29. The van der Waals surface area contributed by atoms with E-state index in [-0.39, 0.29) is 35.8 Å². The Morgan fingerprint density at radius 2 is 1.87 bits per heavy atom. The number of nitrogens with one attached hydrogen (secondary N) is 2. The van der Waals surface area contributed by atoms with E-state index in [4.69, 9.17) is 4.74 Å². The van der Waals surface area contributed by atoms with Crippen molar-refractivity contribution < 1.29 is 9.13 Å². The molecule has 0 aliphatic carbocycles. The number of anilines is 1. The second kappa shape index (κ2) is 12.7. The van der Waals surface area contributed by atoms with Crippen molar-refractivity contribution >= 4 is 35.6 Å². The smallest absolute Gasteiger partial charge is 0.191 e. The van der Waals surface area contributed by atoms with E-state index in [0.717, 1.165) is 37.5 Å². The quantitative estimate of drug-likeness (QED) is 0.326. The predicted octanol–water partition coefficient (Wildman–Crippen LogP) is 3.97. The highest BCUT2D eigenvalue weighted by Gasteiger charge is 2.15. The molecule has 1 atom stereocenters. The first-order chi connectivity index (χ1) is 14.2. The molecular weight excluding hydrogens is 494 g/mol. The van der Waals surface area contributed by atoms with Crippen LogP contribution in [-0.4, -0.2) is 45.4 Å². The first-order valence-corrected chi connectivity index (χ1v) is 10.3. The molecule has 7 heteroatoms. The number of aryl methyl sites for hydroxylation is 1. The van der Waals surface area contributed by atoms with Crippen LogP contribution in [0.2, 0.25) is 0 Å². The summed E-state index contributed by atoms with van der Waals surface area (Å²) in [5, 5.41) is 6.69. The summed E-state index contributed by atoms with van der Waals surface area (Å²) in [6, 6.07) is 16.2. The van der Waals surface area contributed by atoms with E-state index in [1.54, 1.807) is 13.1 Å². The van der Waals surface area contributed by atoms with Crippen molar-refractivity contribution in [3.05, 3.63) is 65.5 Å². The van der Waals surface area contributed by atoms with Gasteiger partial charge in [-0.05, 0) is 43.0 Å². The molecule has 1 fully saturated rings. The summed E-state index contributed by atoms with van der Waals surface area (Å²) in [6.45, 7) is 5.41. The van der Waals surface area contributed by atoms with E-state index in [0.29, 0.717) is 25.4 Å². The highest BCUT2D eigenvalue weighted by atomic mass is 127. The first-order valence-electron chi connectivity index (χ1n) is 10.3. The summed E-state index contributed by atoms with van der Waals surface area (Å²) >= 11 is 0. The third kappa shape index (κ3) is 7.43. The van der Waals surface area contributed by atoms with E-state index in [9.17, 15) is 4.39 Å². The Hall–Kier alpha value is -1.87. The third-order valence-corrected chi connectivity index (χ3v) is 5.14. The van der Waals surface area contributed by atoms with E-state index < -0.39 is 0 Å². The van der Waals surface area contributed by atoms with Crippen LogP contribution in [0.1, 0.15) is 24.5 Å². The molecule has 5 nitrogen and oxygen atoms in total. The van der Waals surface area contributed by atoms with Gasteiger partial charge in [0.05, 0.1) is 18.9 Å². The summed E-state index contributed by atoms with van der Waals surface area (Å²) in [7, 11) is 1.75. The van der Waals surface area contributed by atoms with Gasteiger partial charge < -0.3 is 20.3 Å². The fraction of sp³-hybridized carbons (Fsp3) is 0.435. The van der Waals surface area contributed by atoms with Gasteiger partial charge in [-0.1, -0.05) is 36.4 Å². The van der Waals surface area contributed by atoms with Gasteiger partial charge in [0.1, 0.15) is 5.82 Å². The van der Waals surface area contributed by atoms with Gasteiger partial charge in [-0.25, -0.2) is 4.39 Å². The van der Waals surface area contributed by atoms with Crippen LogP contribution >= 0.6 is 24.0 Å². The molecule has 3 rings (SSSR count). The maximum absolute atomic E-state index is 14.6. The number of ether oxygens (including phenoxy) is 1. The molecule has 2 aromatic rings. The van der Waals surface area contributed by atoms with Gasteiger partial charge in [-0.15, -0.1) is 24.0 Å². The number of halogens is 2. The zero-order valence-corrected chi connectivity index (χ0v) is 20.1.